The molecule has 0 radical (unpaired) electrons. The van der Waals surface area contributed by atoms with Gasteiger partial charge in [0, 0.05) is 13.1 Å². The molecule has 1 saturated heterocycles. The lowest BCUT2D eigenvalue weighted by atomic mass is 10.0. The van der Waals surface area contributed by atoms with Crippen molar-refractivity contribution in [3.05, 3.63) is 5.56 Å². The molecule has 1 unspecified atom stereocenters. The van der Waals surface area contributed by atoms with Crippen LogP contribution >= 0.6 is 11.5 Å². The maximum Gasteiger partial charge on any atom is 0.344 e. The second-order valence-electron chi connectivity index (χ2n) is 4.76. The first-order chi connectivity index (χ1) is 8.63. The highest BCUT2D eigenvalue weighted by molar-refractivity contribution is 7.11. The van der Waals surface area contributed by atoms with Gasteiger partial charge in [0.25, 0.3) is 0 Å². The SMILES string of the molecule is COC(=O)c1c(N)nsc1N1CCCC(C)CC1. The van der Waals surface area contributed by atoms with Gasteiger partial charge in [-0.25, -0.2) is 4.79 Å². The Kier molecular flexibility index (Phi) is 4.06. The second kappa shape index (κ2) is 5.56. The van der Waals surface area contributed by atoms with Gasteiger partial charge in [-0.15, -0.1) is 0 Å². The summed E-state index contributed by atoms with van der Waals surface area (Å²) in [6.45, 7) is 4.18. The molecule has 100 valence electrons. The van der Waals surface area contributed by atoms with Gasteiger partial charge in [-0.1, -0.05) is 6.92 Å². The Morgan fingerprint density at radius 1 is 1.50 bits per heavy atom. The van der Waals surface area contributed by atoms with Gasteiger partial charge in [-0.2, -0.15) is 4.37 Å². The Bertz CT molecular complexity index is 433. The maximum absolute atomic E-state index is 11.7. The summed E-state index contributed by atoms with van der Waals surface area (Å²) >= 11 is 1.29. The summed E-state index contributed by atoms with van der Waals surface area (Å²) in [4.78, 5) is 14.0. The molecule has 2 N–H and O–H groups in total. The van der Waals surface area contributed by atoms with Crippen molar-refractivity contribution in [1.82, 2.24) is 4.37 Å². The highest BCUT2D eigenvalue weighted by Crippen LogP contribution is 2.33. The highest BCUT2D eigenvalue weighted by Gasteiger charge is 2.25. The van der Waals surface area contributed by atoms with E-state index in [9.17, 15) is 4.79 Å². The fraction of sp³-hybridized carbons (Fsp3) is 0.667. The Labute approximate surface area is 111 Å². The molecule has 0 amide bonds. The number of esters is 1. The number of ether oxygens (including phenoxy) is 1. The van der Waals surface area contributed by atoms with Crippen molar-refractivity contribution < 1.29 is 9.53 Å². The van der Waals surface area contributed by atoms with E-state index in [1.807, 2.05) is 0 Å². The van der Waals surface area contributed by atoms with E-state index < -0.39 is 5.97 Å². The topological polar surface area (TPSA) is 68.5 Å². The fourth-order valence-corrected chi connectivity index (χ4v) is 3.12. The van der Waals surface area contributed by atoms with E-state index in [2.05, 4.69) is 16.2 Å². The lowest BCUT2D eigenvalue weighted by molar-refractivity contribution is 0.0603. The lowest BCUT2D eigenvalue weighted by Crippen LogP contribution is -2.25. The number of nitrogens with zero attached hydrogens (tertiary/aromatic N) is 2. The van der Waals surface area contributed by atoms with Crippen LogP contribution in [0.5, 0.6) is 0 Å². The van der Waals surface area contributed by atoms with Gasteiger partial charge in [0.15, 0.2) is 5.82 Å². The van der Waals surface area contributed by atoms with E-state index in [1.165, 1.54) is 25.1 Å². The molecule has 0 aromatic carbocycles. The smallest absolute Gasteiger partial charge is 0.344 e. The molecule has 1 aromatic heterocycles. The molecule has 5 nitrogen and oxygen atoms in total. The number of rotatable bonds is 2. The lowest BCUT2D eigenvalue weighted by Gasteiger charge is -2.21. The minimum atomic E-state index is -0.395. The van der Waals surface area contributed by atoms with Crippen LogP contribution in [0, 0.1) is 5.92 Å². The monoisotopic (exact) mass is 269 g/mol. The Morgan fingerprint density at radius 2 is 2.28 bits per heavy atom. The molecular formula is C12H19N3O2S. The zero-order valence-corrected chi connectivity index (χ0v) is 11.6. The third-order valence-electron chi connectivity index (χ3n) is 3.39. The van der Waals surface area contributed by atoms with E-state index in [0.717, 1.165) is 36.9 Å². The third-order valence-corrected chi connectivity index (χ3v) is 4.32. The van der Waals surface area contributed by atoms with Gasteiger partial charge in [0.05, 0.1) is 7.11 Å². The number of hydrogen-bond acceptors (Lipinski definition) is 6. The van der Waals surface area contributed by atoms with Crippen LogP contribution in [0.3, 0.4) is 0 Å². The molecule has 18 heavy (non-hydrogen) atoms. The highest BCUT2D eigenvalue weighted by atomic mass is 32.1. The van der Waals surface area contributed by atoms with Crippen LogP contribution in [-0.2, 0) is 4.74 Å². The average Bonchev–Trinajstić information content (AvgIpc) is 2.60. The number of carbonyl (C=O) groups is 1. The van der Waals surface area contributed by atoms with Gasteiger partial charge in [0.2, 0.25) is 0 Å². The second-order valence-corrected chi connectivity index (χ2v) is 5.51. The number of hydrogen-bond donors (Lipinski definition) is 1. The molecular weight excluding hydrogens is 250 g/mol. The van der Waals surface area contributed by atoms with Gasteiger partial charge < -0.3 is 15.4 Å². The van der Waals surface area contributed by atoms with Crippen molar-refractivity contribution in [1.29, 1.82) is 0 Å². The molecule has 2 rings (SSSR count). The van der Waals surface area contributed by atoms with E-state index in [0.29, 0.717) is 5.56 Å². The Balaban J connectivity index is 2.24. The standard InChI is InChI=1S/C12H19N3O2S/c1-8-4-3-6-15(7-5-8)11-9(12(16)17-2)10(13)14-18-11/h8H,3-7H2,1-2H3,(H2,13,14). The fourth-order valence-electron chi connectivity index (χ4n) is 2.27. The number of nitrogen functional groups attached to an aromatic ring is 1. The van der Waals surface area contributed by atoms with E-state index in [-0.39, 0.29) is 5.82 Å². The van der Waals surface area contributed by atoms with Crippen molar-refractivity contribution in [2.75, 3.05) is 30.8 Å². The van der Waals surface area contributed by atoms with E-state index >= 15 is 0 Å². The summed E-state index contributed by atoms with van der Waals surface area (Å²) < 4.78 is 8.87. The number of carbonyl (C=O) groups excluding carboxylic acids is 1. The summed E-state index contributed by atoms with van der Waals surface area (Å²) in [7, 11) is 1.37. The average molecular weight is 269 g/mol. The zero-order chi connectivity index (χ0) is 13.1. The molecule has 6 heteroatoms. The summed E-state index contributed by atoms with van der Waals surface area (Å²) in [5, 5.41) is 0.855. The molecule has 1 aromatic rings. The Morgan fingerprint density at radius 3 is 3.00 bits per heavy atom. The first kappa shape index (κ1) is 13.1. The van der Waals surface area contributed by atoms with Gasteiger partial charge in [0.1, 0.15) is 10.6 Å². The van der Waals surface area contributed by atoms with Gasteiger partial charge in [-0.05, 0) is 36.7 Å². The van der Waals surface area contributed by atoms with E-state index in [4.69, 9.17) is 10.5 Å². The minimum Gasteiger partial charge on any atom is -0.465 e. The summed E-state index contributed by atoms with van der Waals surface area (Å²) in [5.41, 5.74) is 6.19. The van der Waals surface area contributed by atoms with Crippen LogP contribution in [0.4, 0.5) is 10.8 Å². The predicted molar refractivity (Wildman–Crippen MR) is 73.1 cm³/mol. The van der Waals surface area contributed by atoms with Gasteiger partial charge in [-0.3, -0.25) is 0 Å². The van der Waals surface area contributed by atoms with Crippen molar-refractivity contribution in [3.63, 3.8) is 0 Å². The van der Waals surface area contributed by atoms with Crippen LogP contribution in [0.25, 0.3) is 0 Å². The number of aromatic nitrogens is 1. The molecule has 0 aliphatic carbocycles. The van der Waals surface area contributed by atoms with Crippen LogP contribution in [0.15, 0.2) is 0 Å². The quantitative estimate of drug-likeness (QED) is 0.833. The molecule has 0 bridgehead atoms. The first-order valence-electron chi connectivity index (χ1n) is 6.22. The first-order valence-corrected chi connectivity index (χ1v) is 6.99. The predicted octanol–water partition coefficient (Wildman–Crippen LogP) is 2.14. The molecule has 2 heterocycles. The van der Waals surface area contributed by atoms with Crippen molar-refractivity contribution in [3.8, 4) is 0 Å². The summed E-state index contributed by atoms with van der Waals surface area (Å²) in [5.74, 6) is 0.620. The number of nitrogens with two attached hydrogens (primary N) is 1. The third kappa shape index (κ3) is 2.58. The summed E-state index contributed by atoms with van der Waals surface area (Å²) in [6, 6.07) is 0. The van der Waals surface area contributed by atoms with Gasteiger partial charge >= 0.3 is 5.97 Å². The molecule has 0 saturated carbocycles. The van der Waals surface area contributed by atoms with Crippen LogP contribution in [0.1, 0.15) is 36.5 Å². The molecule has 0 spiro atoms. The van der Waals surface area contributed by atoms with Crippen molar-refractivity contribution >= 4 is 28.3 Å². The Hall–Kier alpha value is -1.30. The number of methoxy groups -OCH3 is 1. The zero-order valence-electron chi connectivity index (χ0n) is 10.8. The van der Waals surface area contributed by atoms with Crippen molar-refractivity contribution in [2.24, 2.45) is 5.92 Å². The molecule has 1 aliphatic heterocycles. The van der Waals surface area contributed by atoms with Crippen LogP contribution in [0.2, 0.25) is 0 Å². The normalized spacial score (nSPS) is 20.6. The number of anilines is 2. The van der Waals surface area contributed by atoms with Crippen LogP contribution < -0.4 is 10.6 Å². The summed E-state index contributed by atoms with van der Waals surface area (Å²) in [6.07, 6.45) is 3.51. The molecule has 1 atom stereocenters. The molecule has 1 aliphatic rings. The maximum atomic E-state index is 11.7. The van der Waals surface area contributed by atoms with E-state index in [1.54, 1.807) is 0 Å². The largest absolute Gasteiger partial charge is 0.465 e. The van der Waals surface area contributed by atoms with Crippen molar-refractivity contribution in [2.45, 2.75) is 26.2 Å². The minimum absolute atomic E-state index is 0.277. The van der Waals surface area contributed by atoms with Crippen LogP contribution in [-0.4, -0.2) is 30.5 Å². The molecule has 1 fully saturated rings.